The molecule has 0 unspecified atom stereocenters. The third-order valence-electron chi connectivity index (χ3n) is 5.06. The predicted molar refractivity (Wildman–Crippen MR) is 111 cm³/mol. The van der Waals surface area contributed by atoms with Crippen LogP contribution < -0.4 is 0 Å². The summed E-state index contributed by atoms with van der Waals surface area (Å²) in [5, 5.41) is 11.5. The lowest BCUT2D eigenvalue weighted by molar-refractivity contribution is -0.121. The Hall–Kier alpha value is -1.13. The Morgan fingerprint density at radius 2 is 1.88 bits per heavy atom. The first-order valence-electron chi connectivity index (χ1n) is 9.53. The zero-order chi connectivity index (χ0) is 20.0. The van der Waals surface area contributed by atoms with E-state index in [0.717, 1.165) is 23.3 Å². The molecule has 1 N–H and O–H groups in total. The van der Waals surface area contributed by atoms with Crippen molar-refractivity contribution in [1.29, 1.82) is 0 Å². The van der Waals surface area contributed by atoms with Crippen LogP contribution in [0.25, 0.3) is 0 Å². The van der Waals surface area contributed by atoms with Crippen LogP contribution in [0.4, 0.5) is 0 Å². The summed E-state index contributed by atoms with van der Waals surface area (Å²) in [5.41, 5.74) is -0.266. The Kier molecular flexibility index (Phi) is 8.55. The van der Waals surface area contributed by atoms with Gasteiger partial charge in [0.05, 0.1) is 4.91 Å². The number of thioether (sulfide) groups is 1. The summed E-state index contributed by atoms with van der Waals surface area (Å²) in [6.45, 7) is 11.2. The number of hydrogen-bond acceptors (Lipinski definition) is 4. The zero-order valence-electron chi connectivity index (χ0n) is 17.1. The van der Waals surface area contributed by atoms with Crippen molar-refractivity contribution in [2.45, 2.75) is 79.2 Å². The van der Waals surface area contributed by atoms with Gasteiger partial charge < -0.3 is 5.11 Å². The van der Waals surface area contributed by atoms with Crippen LogP contribution in [0.2, 0.25) is 0 Å². The monoisotopic (exact) mass is 378 g/mol. The fraction of sp³-hybridized carbons (Fsp3) is 0.636. The average Bonchev–Trinajstić information content (AvgIpc) is 2.53. The van der Waals surface area contributed by atoms with Gasteiger partial charge in [-0.1, -0.05) is 46.1 Å². The van der Waals surface area contributed by atoms with Gasteiger partial charge >= 0.3 is 0 Å². The summed E-state index contributed by atoms with van der Waals surface area (Å²) in [4.78, 5) is 24.6. The highest BCUT2D eigenvalue weighted by Gasteiger charge is 2.49. The molecule has 1 aliphatic rings. The second-order valence-electron chi connectivity index (χ2n) is 7.95. The average molecular weight is 379 g/mol. The Balaban J connectivity index is 3.10. The second-order valence-corrected chi connectivity index (χ2v) is 9.05. The molecule has 0 amide bonds. The van der Waals surface area contributed by atoms with Gasteiger partial charge in [-0.05, 0) is 56.2 Å². The zero-order valence-corrected chi connectivity index (χ0v) is 18.0. The van der Waals surface area contributed by atoms with Crippen molar-refractivity contribution in [2.75, 3.05) is 5.75 Å². The fourth-order valence-electron chi connectivity index (χ4n) is 3.37. The number of aliphatic hydroxyl groups is 1. The molecule has 0 aromatic carbocycles. The quantitative estimate of drug-likeness (QED) is 0.332. The van der Waals surface area contributed by atoms with Crippen molar-refractivity contribution in [2.24, 2.45) is 5.41 Å². The maximum atomic E-state index is 12.6. The number of carbonyl (C=O) groups excluding carboxylic acids is 2. The normalized spacial score (nSPS) is 23.8. The van der Waals surface area contributed by atoms with Crippen LogP contribution in [0.15, 0.2) is 34.3 Å². The Morgan fingerprint density at radius 1 is 1.23 bits per heavy atom. The Labute approximate surface area is 163 Å². The predicted octanol–water partition coefficient (Wildman–Crippen LogP) is 5.40. The molecule has 0 aliphatic heterocycles. The number of carbonyl (C=O) groups is 2. The topological polar surface area (TPSA) is 54.4 Å². The molecule has 0 fully saturated rings. The van der Waals surface area contributed by atoms with E-state index in [2.05, 4.69) is 6.92 Å². The highest BCUT2D eigenvalue weighted by atomic mass is 32.2. The summed E-state index contributed by atoms with van der Waals surface area (Å²) in [6, 6.07) is 0. The third kappa shape index (κ3) is 5.68. The molecule has 4 heteroatoms. The SMILES string of the molecule is CCCCCCSC1=C(C)[C@](O)(/C=C/C(C)=C\C(C)=O)C(C)(C)CC1=O. The van der Waals surface area contributed by atoms with Crippen molar-refractivity contribution >= 4 is 23.3 Å². The third-order valence-corrected chi connectivity index (χ3v) is 6.38. The molecule has 0 heterocycles. The van der Waals surface area contributed by atoms with Crippen molar-refractivity contribution in [3.05, 3.63) is 34.3 Å². The van der Waals surface area contributed by atoms with Gasteiger partial charge in [-0.3, -0.25) is 9.59 Å². The van der Waals surface area contributed by atoms with Crippen LogP contribution >= 0.6 is 11.8 Å². The van der Waals surface area contributed by atoms with E-state index in [-0.39, 0.29) is 11.6 Å². The summed E-state index contributed by atoms with van der Waals surface area (Å²) in [5.74, 6) is 1.01. The molecule has 1 rings (SSSR count). The summed E-state index contributed by atoms with van der Waals surface area (Å²) in [7, 11) is 0. The molecule has 3 nitrogen and oxygen atoms in total. The number of ketones is 2. The highest BCUT2D eigenvalue weighted by molar-refractivity contribution is 8.04. The van der Waals surface area contributed by atoms with Crippen molar-refractivity contribution in [1.82, 2.24) is 0 Å². The van der Waals surface area contributed by atoms with Crippen LogP contribution in [-0.2, 0) is 9.59 Å². The van der Waals surface area contributed by atoms with Crippen molar-refractivity contribution < 1.29 is 14.7 Å². The molecule has 0 spiro atoms. The van der Waals surface area contributed by atoms with Gasteiger partial charge in [-0.2, -0.15) is 0 Å². The molecule has 1 atom stereocenters. The maximum absolute atomic E-state index is 12.6. The molecular weight excluding hydrogens is 344 g/mol. The van der Waals surface area contributed by atoms with E-state index >= 15 is 0 Å². The molecule has 0 bridgehead atoms. The van der Waals surface area contributed by atoms with E-state index in [1.807, 2.05) is 27.7 Å². The van der Waals surface area contributed by atoms with Crippen LogP contribution in [0, 0.1) is 5.41 Å². The first-order valence-corrected chi connectivity index (χ1v) is 10.5. The lowest BCUT2D eigenvalue weighted by atomic mass is 9.64. The van der Waals surface area contributed by atoms with Gasteiger partial charge in [-0.15, -0.1) is 11.8 Å². The van der Waals surface area contributed by atoms with Gasteiger partial charge in [0.15, 0.2) is 11.6 Å². The van der Waals surface area contributed by atoms with Gasteiger partial charge in [-0.25, -0.2) is 0 Å². The minimum absolute atomic E-state index is 0.0205. The Morgan fingerprint density at radius 3 is 2.46 bits per heavy atom. The van der Waals surface area contributed by atoms with Crippen molar-refractivity contribution in [3.63, 3.8) is 0 Å². The summed E-state index contributed by atoms with van der Waals surface area (Å²) in [6.07, 6.45) is 10.1. The van der Waals surface area contributed by atoms with Crippen molar-refractivity contribution in [3.8, 4) is 0 Å². The fourth-order valence-corrected chi connectivity index (χ4v) is 4.53. The van der Waals surface area contributed by atoms with Crippen LogP contribution in [0.3, 0.4) is 0 Å². The minimum atomic E-state index is -1.20. The standard InChI is InChI=1S/C22H34O3S/c1-7-8-9-10-13-26-20-18(4)22(25,21(5,6)15-19(20)24)12-11-16(2)14-17(3)23/h11-12,14,25H,7-10,13,15H2,1-6H3/b12-11+,16-14-/t22-/m1/s1. The lowest BCUT2D eigenvalue weighted by Gasteiger charge is -2.45. The van der Waals surface area contributed by atoms with Gasteiger partial charge in [0.2, 0.25) is 0 Å². The number of rotatable bonds is 9. The van der Waals surface area contributed by atoms with E-state index < -0.39 is 11.0 Å². The van der Waals surface area contributed by atoms with Crippen LogP contribution in [0.5, 0.6) is 0 Å². The van der Waals surface area contributed by atoms with E-state index in [1.54, 1.807) is 30.0 Å². The minimum Gasteiger partial charge on any atom is -0.381 e. The summed E-state index contributed by atoms with van der Waals surface area (Å²) < 4.78 is 0. The van der Waals surface area contributed by atoms with Gasteiger partial charge in [0.25, 0.3) is 0 Å². The molecule has 0 aromatic heterocycles. The number of allylic oxidation sites excluding steroid dienone is 4. The molecule has 26 heavy (non-hydrogen) atoms. The molecular formula is C22H34O3S. The van der Waals surface area contributed by atoms with Gasteiger partial charge in [0.1, 0.15) is 5.60 Å². The molecule has 0 radical (unpaired) electrons. The number of Topliss-reactive ketones (excluding diaryl/α,β-unsaturated/α-hetero) is 1. The number of hydrogen-bond donors (Lipinski definition) is 1. The number of unbranched alkanes of at least 4 members (excludes halogenated alkanes) is 3. The molecule has 1 aliphatic carbocycles. The molecule has 0 aromatic rings. The lowest BCUT2D eigenvalue weighted by Crippen LogP contribution is -2.49. The first kappa shape index (κ1) is 22.9. The maximum Gasteiger partial charge on any atom is 0.169 e. The molecule has 0 saturated carbocycles. The van der Waals surface area contributed by atoms with E-state index in [9.17, 15) is 14.7 Å². The second kappa shape index (κ2) is 9.70. The van der Waals surface area contributed by atoms with E-state index in [1.165, 1.54) is 26.2 Å². The van der Waals surface area contributed by atoms with Crippen LogP contribution in [0.1, 0.15) is 73.6 Å². The Bertz CT molecular complexity index is 625. The largest absolute Gasteiger partial charge is 0.381 e. The summed E-state index contributed by atoms with van der Waals surface area (Å²) >= 11 is 1.58. The van der Waals surface area contributed by atoms with E-state index in [0.29, 0.717) is 11.3 Å². The molecule has 146 valence electrons. The van der Waals surface area contributed by atoms with E-state index in [4.69, 9.17) is 0 Å². The van der Waals surface area contributed by atoms with Crippen LogP contribution in [-0.4, -0.2) is 28.0 Å². The van der Waals surface area contributed by atoms with Gasteiger partial charge in [0, 0.05) is 11.8 Å². The first-order chi connectivity index (χ1) is 12.0. The smallest absolute Gasteiger partial charge is 0.169 e. The highest BCUT2D eigenvalue weighted by Crippen LogP contribution is 2.48. The molecule has 0 saturated heterocycles.